The fourth-order valence-electron chi connectivity index (χ4n) is 3.07. The Morgan fingerprint density at radius 3 is 2.71 bits per heavy atom. The van der Waals surface area contributed by atoms with E-state index in [2.05, 4.69) is 16.1 Å². The molecule has 1 aliphatic rings. The van der Waals surface area contributed by atoms with Crippen LogP contribution in [0.5, 0.6) is 5.75 Å². The average molecular weight is 329 g/mol. The van der Waals surface area contributed by atoms with Crippen LogP contribution in [0.25, 0.3) is 0 Å². The summed E-state index contributed by atoms with van der Waals surface area (Å²) in [5, 5.41) is 3.94. The van der Waals surface area contributed by atoms with Crippen molar-refractivity contribution in [3.05, 3.63) is 41.3 Å². The van der Waals surface area contributed by atoms with Gasteiger partial charge in [0.2, 0.25) is 0 Å². The molecule has 0 radical (unpaired) electrons. The van der Waals surface area contributed by atoms with Crippen molar-refractivity contribution in [3.8, 4) is 5.75 Å². The number of aromatic nitrogens is 1. The van der Waals surface area contributed by atoms with Gasteiger partial charge in [0.05, 0.1) is 12.8 Å². The van der Waals surface area contributed by atoms with Crippen molar-refractivity contribution in [2.75, 3.05) is 38.2 Å². The van der Waals surface area contributed by atoms with Gasteiger partial charge >= 0.3 is 0 Å². The van der Waals surface area contributed by atoms with E-state index in [0.717, 1.165) is 24.5 Å². The molecule has 1 fully saturated rings. The van der Waals surface area contributed by atoms with Crippen LogP contribution in [0.1, 0.15) is 28.7 Å². The van der Waals surface area contributed by atoms with Crippen molar-refractivity contribution in [2.45, 2.75) is 20.3 Å². The van der Waals surface area contributed by atoms with Gasteiger partial charge in [-0.05, 0) is 19.1 Å². The summed E-state index contributed by atoms with van der Waals surface area (Å²) in [5.41, 5.74) is 2.43. The van der Waals surface area contributed by atoms with Crippen LogP contribution < -0.4 is 9.64 Å². The number of carbonyl (C=O) groups excluding carboxylic acids is 1. The Hall–Kier alpha value is -2.50. The first-order chi connectivity index (χ1) is 11.6. The number of aryl methyl sites for hydroxylation is 2. The minimum atomic E-state index is 0.0240. The van der Waals surface area contributed by atoms with Gasteiger partial charge in [-0.25, -0.2) is 0 Å². The molecule has 0 bridgehead atoms. The van der Waals surface area contributed by atoms with Gasteiger partial charge in [0, 0.05) is 44.4 Å². The summed E-state index contributed by atoms with van der Waals surface area (Å²) in [6, 6.07) is 8.01. The van der Waals surface area contributed by atoms with Crippen LogP contribution in [-0.2, 0) is 6.42 Å². The molecule has 1 aromatic carbocycles. The van der Waals surface area contributed by atoms with Crippen molar-refractivity contribution in [1.29, 1.82) is 0 Å². The van der Waals surface area contributed by atoms with Gasteiger partial charge in [-0.2, -0.15) is 0 Å². The summed E-state index contributed by atoms with van der Waals surface area (Å²) in [6.07, 6.45) is 0.672. The van der Waals surface area contributed by atoms with Crippen molar-refractivity contribution in [1.82, 2.24) is 10.1 Å². The average Bonchev–Trinajstić information content (AvgIpc) is 3.02. The first kappa shape index (κ1) is 16.4. The molecule has 2 heterocycles. The topological polar surface area (TPSA) is 58.8 Å². The van der Waals surface area contributed by atoms with Gasteiger partial charge in [-0.1, -0.05) is 18.1 Å². The van der Waals surface area contributed by atoms with E-state index in [0.29, 0.717) is 36.5 Å². The molecule has 3 rings (SSSR count). The number of nitrogens with zero attached hydrogens (tertiary/aromatic N) is 3. The molecule has 128 valence electrons. The molecule has 0 saturated carbocycles. The maximum atomic E-state index is 12.8. The van der Waals surface area contributed by atoms with Crippen LogP contribution in [0.4, 0.5) is 5.69 Å². The third-order valence-electron chi connectivity index (χ3n) is 4.45. The quantitative estimate of drug-likeness (QED) is 0.862. The second-order valence-electron chi connectivity index (χ2n) is 5.90. The fraction of sp³-hybridized carbons (Fsp3) is 0.444. The molecular formula is C18H23N3O3. The molecule has 0 spiro atoms. The van der Waals surface area contributed by atoms with Crippen molar-refractivity contribution in [3.63, 3.8) is 0 Å². The highest BCUT2D eigenvalue weighted by atomic mass is 16.5. The highest BCUT2D eigenvalue weighted by Crippen LogP contribution is 2.23. The molecular weight excluding hydrogens is 306 g/mol. The third-order valence-corrected chi connectivity index (χ3v) is 4.45. The molecule has 0 aliphatic carbocycles. The largest absolute Gasteiger partial charge is 0.497 e. The number of rotatable bonds is 4. The molecule has 24 heavy (non-hydrogen) atoms. The summed E-state index contributed by atoms with van der Waals surface area (Å²) in [6.45, 7) is 6.75. The van der Waals surface area contributed by atoms with E-state index in [1.165, 1.54) is 0 Å². The van der Waals surface area contributed by atoms with Gasteiger partial charge in [-0.3, -0.25) is 4.79 Å². The summed E-state index contributed by atoms with van der Waals surface area (Å²) < 4.78 is 10.5. The molecule has 1 aliphatic heterocycles. The predicted molar refractivity (Wildman–Crippen MR) is 91.7 cm³/mol. The number of benzene rings is 1. The van der Waals surface area contributed by atoms with E-state index in [9.17, 15) is 4.79 Å². The zero-order chi connectivity index (χ0) is 17.1. The number of anilines is 1. The van der Waals surface area contributed by atoms with Gasteiger partial charge in [-0.15, -0.1) is 0 Å². The summed E-state index contributed by atoms with van der Waals surface area (Å²) in [7, 11) is 1.67. The minimum Gasteiger partial charge on any atom is -0.497 e. The van der Waals surface area contributed by atoms with E-state index in [1.54, 1.807) is 7.11 Å². The van der Waals surface area contributed by atoms with Crippen LogP contribution in [0.15, 0.2) is 28.8 Å². The molecule has 2 aromatic rings. The smallest absolute Gasteiger partial charge is 0.259 e. The highest BCUT2D eigenvalue weighted by Gasteiger charge is 2.27. The number of ether oxygens (including phenoxy) is 1. The third kappa shape index (κ3) is 3.09. The summed E-state index contributed by atoms with van der Waals surface area (Å²) in [5.74, 6) is 1.54. The van der Waals surface area contributed by atoms with Crippen LogP contribution in [0.2, 0.25) is 0 Å². The number of amides is 1. The molecule has 1 amide bonds. The van der Waals surface area contributed by atoms with Crippen LogP contribution in [0, 0.1) is 6.92 Å². The monoisotopic (exact) mass is 329 g/mol. The van der Waals surface area contributed by atoms with Gasteiger partial charge < -0.3 is 19.1 Å². The molecule has 0 unspecified atom stereocenters. The molecule has 6 heteroatoms. The fourth-order valence-corrected chi connectivity index (χ4v) is 3.07. The lowest BCUT2D eigenvalue weighted by Gasteiger charge is -2.36. The van der Waals surface area contributed by atoms with E-state index in [4.69, 9.17) is 9.26 Å². The Bertz CT molecular complexity index is 718. The second kappa shape index (κ2) is 6.95. The zero-order valence-electron chi connectivity index (χ0n) is 14.4. The lowest BCUT2D eigenvalue weighted by atomic mass is 10.1. The lowest BCUT2D eigenvalue weighted by molar-refractivity contribution is 0.0744. The predicted octanol–water partition coefficient (Wildman–Crippen LogP) is 2.52. The summed E-state index contributed by atoms with van der Waals surface area (Å²) in [4.78, 5) is 16.9. The van der Waals surface area contributed by atoms with Crippen molar-refractivity contribution >= 4 is 11.6 Å². The van der Waals surface area contributed by atoms with Gasteiger partial charge in [0.15, 0.2) is 0 Å². The standard InChI is InChI=1S/C18H23N3O3/c1-4-16-17(13(2)19-24-16)18(22)21-10-8-20(9-11-21)14-6-5-7-15(12-14)23-3/h5-7,12H,4,8-11H2,1-3H3. The number of hydrogen-bond acceptors (Lipinski definition) is 5. The van der Waals surface area contributed by atoms with E-state index in [-0.39, 0.29) is 5.91 Å². The first-order valence-electron chi connectivity index (χ1n) is 8.27. The van der Waals surface area contributed by atoms with Crippen LogP contribution in [-0.4, -0.2) is 49.3 Å². The Balaban J connectivity index is 1.68. The Morgan fingerprint density at radius 2 is 2.04 bits per heavy atom. The molecule has 1 saturated heterocycles. The van der Waals surface area contributed by atoms with E-state index in [1.807, 2.05) is 36.9 Å². The number of carbonyl (C=O) groups is 1. The maximum absolute atomic E-state index is 12.8. The Morgan fingerprint density at radius 1 is 1.29 bits per heavy atom. The van der Waals surface area contributed by atoms with E-state index >= 15 is 0 Å². The zero-order valence-corrected chi connectivity index (χ0v) is 14.4. The molecule has 0 atom stereocenters. The Labute approximate surface area is 142 Å². The number of hydrogen-bond donors (Lipinski definition) is 0. The van der Waals surface area contributed by atoms with Gasteiger partial charge in [0.1, 0.15) is 17.1 Å². The first-order valence-corrected chi connectivity index (χ1v) is 8.27. The number of piperazine rings is 1. The normalized spacial score (nSPS) is 14.8. The van der Waals surface area contributed by atoms with Crippen LogP contribution in [0.3, 0.4) is 0 Å². The lowest BCUT2D eigenvalue weighted by Crippen LogP contribution is -2.49. The maximum Gasteiger partial charge on any atom is 0.259 e. The van der Waals surface area contributed by atoms with Gasteiger partial charge in [0.25, 0.3) is 5.91 Å². The second-order valence-corrected chi connectivity index (χ2v) is 5.90. The van der Waals surface area contributed by atoms with Crippen LogP contribution >= 0.6 is 0 Å². The van der Waals surface area contributed by atoms with Crippen molar-refractivity contribution in [2.24, 2.45) is 0 Å². The number of methoxy groups -OCH3 is 1. The molecule has 0 N–H and O–H groups in total. The van der Waals surface area contributed by atoms with E-state index < -0.39 is 0 Å². The Kier molecular flexibility index (Phi) is 4.74. The SMILES string of the molecule is CCc1onc(C)c1C(=O)N1CCN(c2cccc(OC)c2)CC1. The minimum absolute atomic E-state index is 0.0240. The highest BCUT2D eigenvalue weighted by molar-refractivity contribution is 5.96. The van der Waals surface area contributed by atoms with Crippen molar-refractivity contribution < 1.29 is 14.1 Å². The molecule has 6 nitrogen and oxygen atoms in total. The summed E-state index contributed by atoms with van der Waals surface area (Å²) >= 11 is 0. The molecule has 1 aromatic heterocycles.